The van der Waals surface area contributed by atoms with Crippen molar-refractivity contribution in [2.45, 2.75) is 198 Å². The number of primary amides is 1. The highest BCUT2D eigenvalue weighted by Crippen LogP contribution is 2.28. The van der Waals surface area contributed by atoms with Crippen molar-refractivity contribution >= 4 is 59.3 Å². The van der Waals surface area contributed by atoms with Crippen LogP contribution in [0.4, 0.5) is 4.79 Å². The number of rotatable bonds is 31. The number of carboxylic acids is 1. The minimum Gasteiger partial charge on any atom is -0.481 e. The Morgan fingerprint density at radius 1 is 0.792 bits per heavy atom. The Hall–Kier alpha value is -6.47. The topological polar surface area (TPSA) is 396 Å². The van der Waals surface area contributed by atoms with Crippen molar-refractivity contribution in [1.82, 2.24) is 52.4 Å². The second kappa shape index (κ2) is 31.7. The van der Waals surface area contributed by atoms with E-state index in [4.69, 9.17) is 16.6 Å². The number of hydrogen-bond donors (Lipinski definition) is 13. The first kappa shape index (κ1) is 64.8. The predicted octanol–water partition coefficient (Wildman–Crippen LogP) is -0.749. The molecule has 0 radical (unpaired) electrons. The quantitative estimate of drug-likeness (QED) is 0.0407. The molecule has 9 atom stereocenters. The highest BCUT2D eigenvalue weighted by atomic mass is 16.4. The number of hydrogen-bond acceptors (Lipinski definition) is 14. The Balaban J connectivity index is 1.90. The van der Waals surface area contributed by atoms with Gasteiger partial charge in [-0.25, -0.2) is 4.79 Å². The molecule has 10 amide bonds. The highest BCUT2D eigenvalue weighted by molar-refractivity contribution is 5.99. The van der Waals surface area contributed by atoms with Gasteiger partial charge in [0.25, 0.3) is 0 Å². The van der Waals surface area contributed by atoms with Crippen molar-refractivity contribution in [1.29, 1.82) is 0 Å². The summed E-state index contributed by atoms with van der Waals surface area (Å²) in [6, 6.07) is -6.05. The number of nitrogens with one attached hydrogen (secondary N) is 8. The van der Waals surface area contributed by atoms with Crippen LogP contribution in [-0.2, 0) is 49.6 Å². The zero-order chi connectivity index (χ0) is 57.5. The number of likely N-dealkylation sites (tertiary alicyclic amines) is 1. The molecule has 2 fully saturated rings. The summed E-state index contributed by atoms with van der Waals surface area (Å²) in [6.07, 6.45) is 7.48. The van der Waals surface area contributed by atoms with E-state index in [1.807, 2.05) is 20.8 Å². The Bertz CT molecular complexity index is 2160. The largest absolute Gasteiger partial charge is 0.481 e. The van der Waals surface area contributed by atoms with Crippen molar-refractivity contribution in [3.63, 3.8) is 0 Å². The van der Waals surface area contributed by atoms with Crippen molar-refractivity contribution < 1.29 is 63.3 Å². The van der Waals surface area contributed by atoms with E-state index < -0.39 is 126 Å². The van der Waals surface area contributed by atoms with Crippen LogP contribution in [0, 0.1) is 11.3 Å². The van der Waals surface area contributed by atoms with Gasteiger partial charge >= 0.3 is 12.0 Å². The molecule has 0 aromatic carbocycles. The fourth-order valence-electron chi connectivity index (χ4n) is 9.33. The van der Waals surface area contributed by atoms with Gasteiger partial charge in [-0.2, -0.15) is 0 Å². The Labute approximate surface area is 451 Å². The molecule has 25 nitrogen and oxygen atoms in total. The summed E-state index contributed by atoms with van der Waals surface area (Å²) in [5.74, 6) is -7.34. The third-order valence-corrected chi connectivity index (χ3v) is 13.8. The molecular weight excluding hydrogens is 1000 g/mol. The second-order valence-corrected chi connectivity index (χ2v) is 21.8. The number of aliphatic hydroxyl groups excluding tert-OH is 2. The molecular formula is C52H86N12O13. The van der Waals surface area contributed by atoms with Crippen LogP contribution in [0.25, 0.3) is 0 Å². The minimum atomic E-state index is -1.75. The summed E-state index contributed by atoms with van der Waals surface area (Å²) in [6.45, 7) is 9.57. The van der Waals surface area contributed by atoms with Gasteiger partial charge in [-0.05, 0) is 87.9 Å². The normalized spacial score (nSPS) is 18.8. The van der Waals surface area contributed by atoms with E-state index >= 15 is 0 Å². The molecule has 1 aliphatic carbocycles. The second-order valence-electron chi connectivity index (χ2n) is 21.8. The van der Waals surface area contributed by atoms with Crippen molar-refractivity contribution in [3.05, 3.63) is 30.1 Å². The number of aliphatic hydroxyl groups is 2. The number of pyridine rings is 1. The summed E-state index contributed by atoms with van der Waals surface area (Å²) >= 11 is 0. The maximum atomic E-state index is 14.7. The molecule has 15 N–H and O–H groups in total. The number of unbranched alkanes of at least 4 members (excludes halogenated alkanes) is 1. The van der Waals surface area contributed by atoms with Gasteiger partial charge in [-0.1, -0.05) is 66.2 Å². The van der Waals surface area contributed by atoms with Gasteiger partial charge in [-0.15, -0.1) is 0 Å². The lowest BCUT2D eigenvalue weighted by molar-refractivity contribution is -0.143. The number of urea groups is 1. The van der Waals surface area contributed by atoms with E-state index in [0.29, 0.717) is 18.5 Å². The lowest BCUT2D eigenvalue weighted by Gasteiger charge is -2.34. The first-order valence-corrected chi connectivity index (χ1v) is 26.9. The number of carbonyl (C=O) groups excluding carboxylic acids is 9. The fourth-order valence-corrected chi connectivity index (χ4v) is 9.33. The molecule has 25 heteroatoms. The number of nitrogens with zero attached hydrogens (tertiary/aromatic N) is 2. The van der Waals surface area contributed by atoms with E-state index in [1.165, 1.54) is 19.3 Å². The number of carbonyl (C=O) groups is 10. The summed E-state index contributed by atoms with van der Waals surface area (Å²) < 4.78 is 0. The molecule has 1 aliphatic heterocycles. The summed E-state index contributed by atoms with van der Waals surface area (Å²) in [7, 11) is 0. The lowest BCUT2D eigenvalue weighted by Crippen LogP contribution is -2.64. The number of β-amino-alcohol motifs (C(OH)–C–C–N with tert-alkyl or cyclic N) is 1. The molecule has 77 heavy (non-hydrogen) atoms. The molecule has 2 aliphatic rings. The Morgan fingerprint density at radius 2 is 1.40 bits per heavy atom. The molecule has 2 heterocycles. The minimum absolute atomic E-state index is 0.00796. The zero-order valence-electron chi connectivity index (χ0n) is 45.6. The van der Waals surface area contributed by atoms with Crippen LogP contribution in [0.15, 0.2) is 24.5 Å². The van der Waals surface area contributed by atoms with Crippen LogP contribution < -0.4 is 54.0 Å². The van der Waals surface area contributed by atoms with E-state index in [-0.39, 0.29) is 70.0 Å². The van der Waals surface area contributed by atoms with Crippen molar-refractivity contribution in [2.24, 2.45) is 22.8 Å². The molecule has 432 valence electrons. The molecule has 1 aromatic rings. The van der Waals surface area contributed by atoms with Crippen LogP contribution in [0.3, 0.4) is 0 Å². The smallest absolute Gasteiger partial charge is 0.315 e. The van der Waals surface area contributed by atoms with Crippen LogP contribution in [0.1, 0.15) is 143 Å². The molecule has 1 aromatic heterocycles. The predicted molar refractivity (Wildman–Crippen MR) is 282 cm³/mol. The van der Waals surface area contributed by atoms with Crippen molar-refractivity contribution in [2.75, 3.05) is 26.2 Å². The molecule has 0 spiro atoms. The van der Waals surface area contributed by atoms with Crippen LogP contribution in [0.5, 0.6) is 0 Å². The van der Waals surface area contributed by atoms with Gasteiger partial charge in [0.15, 0.2) is 0 Å². The number of carboxylic acid groups (broad SMARTS) is 1. The monoisotopic (exact) mass is 1090 g/mol. The van der Waals surface area contributed by atoms with Gasteiger partial charge in [0.2, 0.25) is 47.3 Å². The van der Waals surface area contributed by atoms with E-state index in [0.717, 1.165) is 49.8 Å². The molecule has 3 rings (SSSR count). The van der Waals surface area contributed by atoms with Gasteiger partial charge in [0.1, 0.15) is 41.8 Å². The third kappa shape index (κ3) is 22.6. The summed E-state index contributed by atoms with van der Waals surface area (Å²) in [5.41, 5.74) is 9.40. The van der Waals surface area contributed by atoms with Crippen LogP contribution in [0.2, 0.25) is 0 Å². The van der Waals surface area contributed by atoms with Gasteiger partial charge in [-0.3, -0.25) is 48.1 Å². The Kier molecular flexibility index (Phi) is 26.7. The van der Waals surface area contributed by atoms with E-state index in [9.17, 15) is 58.2 Å². The van der Waals surface area contributed by atoms with E-state index in [1.54, 1.807) is 26.0 Å². The standard InChI is InChI=1S/C52H86N12O13/c1-7-52(6,63-47(74)40-26-34(66)29-64(40)48(75)39(30-65)62-50(77)56-21-13-17-42(68)69)49(76)61-36(25-33-18-22-55-23-19-33)45(72)58-35(24-32-15-9-8-10-16-32)44(71)60-38(28-51(3,4)5)46(73)59-37(27-41(54)67)43(70)57-31(2)14-11-12-20-53/h18-19,22-23,31-32,34-40,65-66H,7-17,20-21,24-30,53H2,1-6H3,(H2,54,67)(H,57,70)(H,58,72)(H,59,73)(H,60,71)(H,61,76)(H,63,74)(H,68,69)(H2,56,62,77)/t31-,34+,35+,36+,37+,38+,39+,40-,52+/m1/s1. The van der Waals surface area contributed by atoms with E-state index in [2.05, 4.69) is 47.5 Å². The third-order valence-electron chi connectivity index (χ3n) is 13.8. The average Bonchev–Trinajstić information content (AvgIpc) is 3.77. The molecule has 0 bridgehead atoms. The first-order chi connectivity index (χ1) is 36.3. The van der Waals surface area contributed by atoms with Crippen LogP contribution in [-0.4, -0.2) is 165 Å². The highest BCUT2D eigenvalue weighted by Gasteiger charge is 2.45. The SMILES string of the molecule is CC[C@](C)(NC(=O)[C@H]1C[C@H](O)CN1C(=O)[C@H](CO)NC(=O)NCCCC(=O)O)C(=O)N[C@@H](Cc1ccncc1)C(=O)N[C@@H](CC1CCCCC1)C(=O)N[C@@H](CC(C)(C)C)C(=O)N[C@@H](CC(N)=O)C(=O)N[C@H](C)CCCCN. The first-order valence-electron chi connectivity index (χ1n) is 26.9. The number of nitrogens with two attached hydrogens (primary N) is 2. The lowest BCUT2D eigenvalue weighted by atomic mass is 9.84. The van der Waals surface area contributed by atoms with Crippen LogP contribution >= 0.6 is 0 Å². The summed E-state index contributed by atoms with van der Waals surface area (Å²) in [4.78, 5) is 140. The van der Waals surface area contributed by atoms with Gasteiger partial charge in [0.05, 0.1) is 19.1 Å². The average molecular weight is 1090 g/mol. The molecule has 1 saturated heterocycles. The molecule has 1 saturated carbocycles. The maximum Gasteiger partial charge on any atom is 0.315 e. The fraction of sp³-hybridized carbons (Fsp3) is 0.712. The number of amides is 10. The Morgan fingerprint density at radius 3 is 2.00 bits per heavy atom. The summed E-state index contributed by atoms with van der Waals surface area (Å²) in [5, 5.41) is 50.9. The van der Waals surface area contributed by atoms with Crippen molar-refractivity contribution in [3.8, 4) is 0 Å². The molecule has 0 unspecified atom stereocenters. The van der Waals surface area contributed by atoms with Gasteiger partial charge < -0.3 is 74.2 Å². The maximum absolute atomic E-state index is 14.7. The number of aromatic nitrogens is 1. The van der Waals surface area contributed by atoms with Gasteiger partial charge in [0, 0.05) is 50.8 Å². The number of aliphatic carboxylic acids is 1. The zero-order valence-corrected chi connectivity index (χ0v) is 45.6.